The molecule has 2 rings (SSSR count). The first-order valence-electron chi connectivity index (χ1n) is 6.69. The highest BCUT2D eigenvalue weighted by Gasteiger charge is 2.38. The minimum absolute atomic E-state index is 0.0219. The van der Waals surface area contributed by atoms with Crippen LogP contribution in [0.3, 0.4) is 0 Å². The molecule has 21 heavy (non-hydrogen) atoms. The Morgan fingerprint density at radius 3 is 2.24 bits per heavy atom. The van der Waals surface area contributed by atoms with E-state index in [0.717, 1.165) is 18.9 Å². The van der Waals surface area contributed by atoms with Gasteiger partial charge < -0.3 is 0 Å². The summed E-state index contributed by atoms with van der Waals surface area (Å²) in [6.07, 6.45) is 1.69. The van der Waals surface area contributed by atoms with Gasteiger partial charge in [0.25, 0.3) is 9.05 Å². The molecule has 1 aliphatic carbocycles. The molecule has 0 aliphatic heterocycles. The Hall–Kier alpha value is -0.630. The highest BCUT2D eigenvalue weighted by Crippen LogP contribution is 2.33. The summed E-state index contributed by atoms with van der Waals surface area (Å²) in [6.45, 7) is 4.32. The Morgan fingerprint density at radius 2 is 1.76 bits per heavy atom. The highest BCUT2D eigenvalue weighted by molar-refractivity contribution is 8.13. The van der Waals surface area contributed by atoms with Crippen molar-refractivity contribution in [1.29, 1.82) is 0 Å². The van der Waals surface area contributed by atoms with Gasteiger partial charge in [0.15, 0.2) is 0 Å². The van der Waals surface area contributed by atoms with Crippen molar-refractivity contribution in [1.82, 2.24) is 4.31 Å². The van der Waals surface area contributed by atoms with Crippen LogP contribution in [0.1, 0.15) is 26.7 Å². The molecule has 0 unspecified atom stereocenters. The molecular formula is C13H18ClNO4S2. The van der Waals surface area contributed by atoms with Gasteiger partial charge in [-0.05, 0) is 37.0 Å². The van der Waals surface area contributed by atoms with Crippen LogP contribution in [0, 0.1) is 5.92 Å². The van der Waals surface area contributed by atoms with E-state index in [-0.39, 0.29) is 21.8 Å². The quantitative estimate of drug-likeness (QED) is 0.738. The third kappa shape index (κ3) is 3.97. The zero-order valence-electron chi connectivity index (χ0n) is 11.9. The molecule has 8 heteroatoms. The van der Waals surface area contributed by atoms with Crippen LogP contribution in [0.4, 0.5) is 0 Å². The predicted molar refractivity (Wildman–Crippen MR) is 81.2 cm³/mol. The molecule has 1 aromatic rings. The smallest absolute Gasteiger partial charge is 0.207 e. The Morgan fingerprint density at radius 1 is 1.19 bits per heavy atom. The standard InChI is InChI=1S/C13H18ClNO4S2/c1-10(2)9-15(11-6-7-11)21(18,19)13-5-3-4-12(8-13)20(14,16)17/h3-5,8,10-11H,6-7,9H2,1-2H3. The van der Waals surface area contributed by atoms with E-state index in [2.05, 4.69) is 0 Å². The SMILES string of the molecule is CC(C)CN(C1CC1)S(=O)(=O)c1cccc(S(=O)(=O)Cl)c1. The van der Waals surface area contributed by atoms with E-state index in [1.807, 2.05) is 13.8 Å². The van der Waals surface area contributed by atoms with Crippen molar-refractivity contribution in [2.75, 3.05) is 6.54 Å². The van der Waals surface area contributed by atoms with Gasteiger partial charge in [-0.15, -0.1) is 0 Å². The number of nitrogens with zero attached hydrogens (tertiary/aromatic N) is 1. The van der Waals surface area contributed by atoms with E-state index in [0.29, 0.717) is 6.54 Å². The zero-order chi connectivity index (χ0) is 15.8. The molecule has 0 heterocycles. The monoisotopic (exact) mass is 351 g/mol. The van der Waals surface area contributed by atoms with Crippen LogP contribution >= 0.6 is 10.7 Å². The number of sulfonamides is 1. The van der Waals surface area contributed by atoms with Gasteiger partial charge in [0.1, 0.15) is 0 Å². The zero-order valence-corrected chi connectivity index (χ0v) is 14.2. The van der Waals surface area contributed by atoms with Crippen LogP contribution in [0.2, 0.25) is 0 Å². The van der Waals surface area contributed by atoms with Crippen molar-refractivity contribution in [2.24, 2.45) is 5.92 Å². The van der Waals surface area contributed by atoms with Gasteiger partial charge in [0.05, 0.1) is 9.79 Å². The minimum atomic E-state index is -3.95. The fourth-order valence-corrected chi connectivity index (χ4v) is 4.85. The first-order valence-corrected chi connectivity index (χ1v) is 10.4. The van der Waals surface area contributed by atoms with E-state index in [4.69, 9.17) is 10.7 Å². The topological polar surface area (TPSA) is 71.5 Å². The molecule has 0 aromatic heterocycles. The minimum Gasteiger partial charge on any atom is -0.207 e. The highest BCUT2D eigenvalue weighted by atomic mass is 35.7. The lowest BCUT2D eigenvalue weighted by Gasteiger charge is -2.23. The maximum Gasteiger partial charge on any atom is 0.261 e. The molecular weight excluding hydrogens is 334 g/mol. The lowest BCUT2D eigenvalue weighted by atomic mass is 10.2. The molecule has 0 bridgehead atoms. The second-order valence-electron chi connectivity index (χ2n) is 5.61. The largest absolute Gasteiger partial charge is 0.261 e. The van der Waals surface area contributed by atoms with Gasteiger partial charge in [0, 0.05) is 23.3 Å². The first-order chi connectivity index (χ1) is 9.62. The number of benzene rings is 1. The maximum absolute atomic E-state index is 12.7. The van der Waals surface area contributed by atoms with Gasteiger partial charge in [0.2, 0.25) is 10.0 Å². The van der Waals surface area contributed by atoms with Gasteiger partial charge >= 0.3 is 0 Å². The normalized spacial score (nSPS) is 16.6. The summed E-state index contributed by atoms with van der Waals surface area (Å²) >= 11 is 0. The molecule has 1 aliphatic rings. The number of hydrogen-bond donors (Lipinski definition) is 0. The summed E-state index contributed by atoms with van der Waals surface area (Å²) in [6, 6.07) is 5.21. The lowest BCUT2D eigenvalue weighted by molar-refractivity contribution is 0.360. The molecule has 1 fully saturated rings. The summed E-state index contributed by atoms with van der Waals surface area (Å²) in [7, 11) is -2.37. The van der Waals surface area contributed by atoms with Crippen LogP contribution in [-0.2, 0) is 19.1 Å². The number of rotatable bonds is 6. The van der Waals surface area contributed by atoms with Crippen molar-refractivity contribution in [2.45, 2.75) is 42.5 Å². The van der Waals surface area contributed by atoms with Crippen LogP contribution < -0.4 is 0 Å². The van der Waals surface area contributed by atoms with Crippen molar-refractivity contribution >= 4 is 29.8 Å². The van der Waals surface area contributed by atoms with Crippen LogP contribution in [0.15, 0.2) is 34.1 Å². The third-order valence-corrected chi connectivity index (χ3v) is 6.46. The molecule has 0 N–H and O–H groups in total. The lowest BCUT2D eigenvalue weighted by Crippen LogP contribution is -2.36. The molecule has 0 spiro atoms. The van der Waals surface area contributed by atoms with E-state index < -0.39 is 19.1 Å². The molecule has 1 saturated carbocycles. The predicted octanol–water partition coefficient (Wildman–Crippen LogP) is 2.42. The Kier molecular flexibility index (Phi) is 4.68. The average Bonchev–Trinajstić information content (AvgIpc) is 3.19. The van der Waals surface area contributed by atoms with Crippen LogP contribution in [0.5, 0.6) is 0 Å². The number of halogens is 1. The molecule has 0 radical (unpaired) electrons. The van der Waals surface area contributed by atoms with Gasteiger partial charge in [-0.3, -0.25) is 0 Å². The summed E-state index contributed by atoms with van der Waals surface area (Å²) in [4.78, 5) is -0.234. The van der Waals surface area contributed by atoms with E-state index in [1.165, 1.54) is 22.5 Å². The average molecular weight is 352 g/mol. The number of hydrogen-bond acceptors (Lipinski definition) is 4. The second-order valence-corrected chi connectivity index (χ2v) is 10.1. The van der Waals surface area contributed by atoms with Crippen molar-refractivity contribution < 1.29 is 16.8 Å². The third-order valence-electron chi connectivity index (χ3n) is 3.19. The fraction of sp³-hybridized carbons (Fsp3) is 0.538. The molecule has 118 valence electrons. The van der Waals surface area contributed by atoms with E-state index in [9.17, 15) is 16.8 Å². The molecule has 0 saturated heterocycles. The Bertz CT molecular complexity index is 724. The van der Waals surface area contributed by atoms with Crippen molar-refractivity contribution in [3.05, 3.63) is 24.3 Å². The van der Waals surface area contributed by atoms with Crippen molar-refractivity contribution in [3.63, 3.8) is 0 Å². The molecule has 5 nitrogen and oxygen atoms in total. The van der Waals surface area contributed by atoms with Gasteiger partial charge in [-0.2, -0.15) is 4.31 Å². The first kappa shape index (κ1) is 16.7. The molecule has 1 aromatic carbocycles. The van der Waals surface area contributed by atoms with E-state index >= 15 is 0 Å². The van der Waals surface area contributed by atoms with Crippen molar-refractivity contribution in [3.8, 4) is 0 Å². The van der Waals surface area contributed by atoms with Gasteiger partial charge in [-0.1, -0.05) is 19.9 Å². The summed E-state index contributed by atoms with van der Waals surface area (Å²) in [5.41, 5.74) is 0. The summed E-state index contributed by atoms with van der Waals surface area (Å²) in [5, 5.41) is 0. The Balaban J connectivity index is 2.43. The maximum atomic E-state index is 12.7. The summed E-state index contributed by atoms with van der Waals surface area (Å²) in [5.74, 6) is 0.195. The van der Waals surface area contributed by atoms with Crippen LogP contribution in [-0.4, -0.2) is 33.7 Å². The van der Waals surface area contributed by atoms with Gasteiger partial charge in [-0.25, -0.2) is 16.8 Å². The fourth-order valence-electron chi connectivity index (χ4n) is 2.09. The van der Waals surface area contributed by atoms with E-state index in [1.54, 1.807) is 0 Å². The summed E-state index contributed by atoms with van der Waals surface area (Å²) < 4.78 is 49.6. The molecule has 0 atom stereocenters. The Labute approximate surface area is 130 Å². The van der Waals surface area contributed by atoms with Crippen LogP contribution in [0.25, 0.3) is 0 Å². The molecule has 0 amide bonds. The second kappa shape index (κ2) is 5.87.